The largest absolute Gasteiger partial charge is 0.497 e. The molecule has 0 bridgehead atoms. The molecule has 3 rings (SSSR count). The molecular weight excluding hydrogens is 366 g/mol. The van der Waals surface area contributed by atoms with Gasteiger partial charge in [-0.15, -0.1) is 0 Å². The van der Waals surface area contributed by atoms with Crippen LogP contribution in [0.5, 0.6) is 11.5 Å². The normalized spacial score (nSPS) is 11.2. The van der Waals surface area contributed by atoms with Gasteiger partial charge in [0.15, 0.2) is 5.96 Å². The number of aromatic nitrogens is 2. The van der Waals surface area contributed by atoms with Crippen molar-refractivity contribution in [3.63, 3.8) is 0 Å². The Morgan fingerprint density at radius 2 is 1.79 bits per heavy atom. The average Bonchev–Trinajstić information content (AvgIpc) is 3.21. The summed E-state index contributed by atoms with van der Waals surface area (Å²) in [6, 6.07) is 16.0. The number of hydrogen-bond acceptors (Lipinski definition) is 4. The monoisotopic (exact) mass is 393 g/mol. The van der Waals surface area contributed by atoms with Crippen molar-refractivity contribution in [2.75, 3.05) is 21.3 Å². The summed E-state index contributed by atoms with van der Waals surface area (Å²) in [6.45, 7) is 1.97. The van der Waals surface area contributed by atoms with E-state index in [0.717, 1.165) is 29.2 Å². The lowest BCUT2D eigenvalue weighted by Gasteiger charge is -2.14. The Balaban J connectivity index is 1.52. The van der Waals surface area contributed by atoms with E-state index in [-0.39, 0.29) is 0 Å². The number of nitrogens with zero attached hydrogens (tertiary/aromatic N) is 3. The van der Waals surface area contributed by atoms with Gasteiger partial charge >= 0.3 is 0 Å². The molecule has 152 valence electrons. The summed E-state index contributed by atoms with van der Waals surface area (Å²) in [5.41, 5.74) is 3.33. The Labute approximate surface area is 171 Å². The maximum Gasteiger partial charge on any atom is 0.191 e. The quantitative estimate of drug-likeness (QED) is 0.455. The second kappa shape index (κ2) is 10.2. The number of aliphatic imine (C=N–C) groups is 1. The maximum absolute atomic E-state index is 5.44. The molecule has 0 spiro atoms. The van der Waals surface area contributed by atoms with Crippen molar-refractivity contribution in [2.45, 2.75) is 19.6 Å². The van der Waals surface area contributed by atoms with Crippen molar-refractivity contribution in [3.8, 4) is 11.5 Å². The lowest BCUT2D eigenvalue weighted by Crippen LogP contribution is -2.36. The molecule has 7 heteroatoms. The van der Waals surface area contributed by atoms with Gasteiger partial charge in [-0.25, -0.2) is 0 Å². The number of hydrogen-bond donors (Lipinski definition) is 2. The fourth-order valence-electron chi connectivity index (χ4n) is 2.94. The van der Waals surface area contributed by atoms with Gasteiger partial charge in [-0.05, 0) is 17.7 Å². The topological polar surface area (TPSA) is 72.7 Å². The minimum atomic E-state index is 0.583. The first-order chi connectivity index (χ1) is 14.2. The number of benzene rings is 2. The molecule has 3 aromatic rings. The van der Waals surface area contributed by atoms with Crippen LogP contribution in [0.1, 0.15) is 16.7 Å². The van der Waals surface area contributed by atoms with Crippen LogP contribution in [-0.2, 0) is 19.6 Å². The standard InChI is InChI=1S/C22H27N5O2/c1-23-22(25-14-19-9-10-20(28-2)11-21(19)29-3)24-12-18-13-26-27(16-18)15-17-7-5-4-6-8-17/h4-11,13,16H,12,14-15H2,1-3H3,(H2,23,24,25). The molecule has 0 aliphatic carbocycles. The summed E-state index contributed by atoms with van der Waals surface area (Å²) in [5, 5.41) is 11.1. The third kappa shape index (κ3) is 5.75. The number of rotatable bonds is 8. The van der Waals surface area contributed by atoms with E-state index in [9.17, 15) is 0 Å². The first-order valence-electron chi connectivity index (χ1n) is 9.42. The van der Waals surface area contributed by atoms with Gasteiger partial charge < -0.3 is 20.1 Å². The minimum Gasteiger partial charge on any atom is -0.497 e. The predicted octanol–water partition coefficient (Wildman–Crippen LogP) is 2.81. The molecular formula is C22H27N5O2. The molecule has 0 aliphatic rings. The molecule has 0 radical (unpaired) electrons. The van der Waals surface area contributed by atoms with Crippen LogP contribution in [0.25, 0.3) is 0 Å². The molecule has 0 unspecified atom stereocenters. The van der Waals surface area contributed by atoms with E-state index in [1.807, 2.05) is 53.5 Å². The highest BCUT2D eigenvalue weighted by Crippen LogP contribution is 2.24. The average molecular weight is 393 g/mol. The van der Waals surface area contributed by atoms with Gasteiger partial charge in [0.05, 0.1) is 27.0 Å². The Bertz CT molecular complexity index is 937. The summed E-state index contributed by atoms with van der Waals surface area (Å²) in [4.78, 5) is 4.28. The van der Waals surface area contributed by atoms with Crippen molar-refractivity contribution in [3.05, 3.63) is 77.6 Å². The molecule has 0 saturated carbocycles. The van der Waals surface area contributed by atoms with Crippen molar-refractivity contribution >= 4 is 5.96 Å². The van der Waals surface area contributed by atoms with Crippen LogP contribution in [-0.4, -0.2) is 37.0 Å². The van der Waals surface area contributed by atoms with Crippen LogP contribution in [0.15, 0.2) is 65.9 Å². The van der Waals surface area contributed by atoms with Gasteiger partial charge in [-0.2, -0.15) is 5.10 Å². The van der Waals surface area contributed by atoms with Crippen molar-refractivity contribution < 1.29 is 9.47 Å². The summed E-state index contributed by atoms with van der Waals surface area (Å²) in [5.74, 6) is 2.24. The molecule has 0 aliphatic heterocycles. The predicted molar refractivity (Wildman–Crippen MR) is 114 cm³/mol. The van der Waals surface area contributed by atoms with Crippen molar-refractivity contribution in [1.29, 1.82) is 0 Å². The summed E-state index contributed by atoms with van der Waals surface area (Å²) < 4.78 is 12.6. The van der Waals surface area contributed by atoms with E-state index in [4.69, 9.17) is 9.47 Å². The first kappa shape index (κ1) is 20.3. The van der Waals surface area contributed by atoms with Crippen LogP contribution in [0.2, 0.25) is 0 Å². The van der Waals surface area contributed by atoms with Gasteiger partial charge in [0, 0.05) is 43.5 Å². The van der Waals surface area contributed by atoms with Crippen LogP contribution in [0, 0.1) is 0 Å². The number of nitrogens with one attached hydrogen (secondary N) is 2. The van der Waals surface area contributed by atoms with Gasteiger partial charge in [-0.1, -0.05) is 30.3 Å². The van der Waals surface area contributed by atoms with Crippen LogP contribution < -0.4 is 20.1 Å². The molecule has 0 amide bonds. The van der Waals surface area contributed by atoms with E-state index in [0.29, 0.717) is 19.0 Å². The molecule has 2 aromatic carbocycles. The van der Waals surface area contributed by atoms with Crippen LogP contribution in [0.4, 0.5) is 0 Å². The Morgan fingerprint density at radius 3 is 2.52 bits per heavy atom. The van der Waals surface area contributed by atoms with E-state index in [1.54, 1.807) is 21.3 Å². The molecule has 0 fully saturated rings. The molecule has 1 aromatic heterocycles. The highest BCUT2D eigenvalue weighted by atomic mass is 16.5. The molecule has 1 heterocycles. The number of ether oxygens (including phenoxy) is 2. The van der Waals surface area contributed by atoms with Gasteiger partial charge in [0.25, 0.3) is 0 Å². The van der Waals surface area contributed by atoms with E-state index >= 15 is 0 Å². The zero-order valence-corrected chi connectivity index (χ0v) is 17.1. The van der Waals surface area contributed by atoms with Gasteiger partial charge in [0.2, 0.25) is 0 Å². The first-order valence-corrected chi connectivity index (χ1v) is 9.42. The highest BCUT2D eigenvalue weighted by molar-refractivity contribution is 5.79. The smallest absolute Gasteiger partial charge is 0.191 e. The minimum absolute atomic E-state index is 0.583. The zero-order chi connectivity index (χ0) is 20.5. The van der Waals surface area contributed by atoms with Gasteiger partial charge in [-0.3, -0.25) is 9.67 Å². The van der Waals surface area contributed by atoms with E-state index in [1.165, 1.54) is 5.56 Å². The lowest BCUT2D eigenvalue weighted by molar-refractivity contribution is 0.390. The molecule has 29 heavy (non-hydrogen) atoms. The fraction of sp³-hybridized carbons (Fsp3) is 0.273. The third-order valence-electron chi connectivity index (χ3n) is 4.50. The lowest BCUT2D eigenvalue weighted by atomic mass is 10.2. The summed E-state index contributed by atoms with van der Waals surface area (Å²) in [6.07, 6.45) is 3.91. The third-order valence-corrected chi connectivity index (χ3v) is 4.50. The SMILES string of the molecule is CN=C(NCc1cnn(Cc2ccccc2)c1)NCc1ccc(OC)cc1OC. The van der Waals surface area contributed by atoms with Crippen molar-refractivity contribution in [1.82, 2.24) is 20.4 Å². The zero-order valence-electron chi connectivity index (χ0n) is 17.1. The summed E-state index contributed by atoms with van der Waals surface area (Å²) >= 11 is 0. The van der Waals surface area contributed by atoms with E-state index in [2.05, 4.69) is 32.9 Å². The Hall–Kier alpha value is -3.48. The molecule has 2 N–H and O–H groups in total. The number of guanidine groups is 1. The van der Waals surface area contributed by atoms with Crippen molar-refractivity contribution in [2.24, 2.45) is 4.99 Å². The second-order valence-electron chi connectivity index (χ2n) is 6.49. The Morgan fingerprint density at radius 1 is 1.00 bits per heavy atom. The highest BCUT2D eigenvalue weighted by Gasteiger charge is 2.07. The van der Waals surface area contributed by atoms with Crippen LogP contribution in [0.3, 0.4) is 0 Å². The summed E-state index contributed by atoms with van der Waals surface area (Å²) in [7, 11) is 5.04. The maximum atomic E-state index is 5.44. The van der Waals surface area contributed by atoms with E-state index < -0.39 is 0 Å². The van der Waals surface area contributed by atoms with Gasteiger partial charge in [0.1, 0.15) is 11.5 Å². The van der Waals surface area contributed by atoms with Crippen LogP contribution >= 0.6 is 0 Å². The fourth-order valence-corrected chi connectivity index (χ4v) is 2.94. The molecule has 0 saturated heterocycles. The molecule has 7 nitrogen and oxygen atoms in total. The Kier molecular flexibility index (Phi) is 7.10. The molecule has 0 atom stereocenters. The second-order valence-corrected chi connectivity index (χ2v) is 6.49. The number of methoxy groups -OCH3 is 2.